The second-order valence-electron chi connectivity index (χ2n) is 6.55. The van der Waals surface area contributed by atoms with Crippen molar-refractivity contribution in [2.24, 2.45) is 4.99 Å². The Kier molecular flexibility index (Phi) is 7.43. The Balaban J connectivity index is 2.13. The number of hydrogen-bond acceptors (Lipinski definition) is 6. The molecular weight excluding hydrogens is 418 g/mol. The molecule has 3 aromatic rings. The fourth-order valence-electron chi connectivity index (χ4n) is 3.16. The van der Waals surface area contributed by atoms with Gasteiger partial charge in [0.05, 0.1) is 31.0 Å². The first-order chi connectivity index (χ1) is 15.0. The van der Waals surface area contributed by atoms with Gasteiger partial charge in [-0.15, -0.1) is 0 Å². The van der Waals surface area contributed by atoms with Crippen LogP contribution in [0.4, 0.5) is 5.69 Å². The molecule has 0 fully saturated rings. The Labute approximate surface area is 184 Å². The number of hydrogen-bond donors (Lipinski definition) is 1. The average molecular weight is 444 g/mol. The van der Waals surface area contributed by atoms with E-state index < -0.39 is 5.91 Å². The minimum Gasteiger partial charge on any atom is -0.496 e. The standard InChI is InChI=1S/C22H25N3O5S/c1-5-30-12-11-25-16-10-9-15(23-14(2)26)13-19(16)31-22(25)24-21(27)20-17(28-3)7-6-8-18(20)29-4/h6-10,13H,5,11-12H2,1-4H3,(H,23,26). The lowest BCUT2D eigenvalue weighted by atomic mass is 10.1. The third-order valence-electron chi connectivity index (χ3n) is 4.51. The van der Waals surface area contributed by atoms with E-state index in [0.717, 1.165) is 10.2 Å². The molecule has 0 aliphatic carbocycles. The Morgan fingerprint density at radius 1 is 1.13 bits per heavy atom. The highest BCUT2D eigenvalue weighted by atomic mass is 32.1. The number of nitrogens with one attached hydrogen (secondary N) is 1. The van der Waals surface area contributed by atoms with Gasteiger partial charge in [-0.05, 0) is 37.3 Å². The lowest BCUT2D eigenvalue weighted by Gasteiger charge is -2.10. The van der Waals surface area contributed by atoms with E-state index in [0.29, 0.717) is 41.7 Å². The third-order valence-corrected chi connectivity index (χ3v) is 5.55. The van der Waals surface area contributed by atoms with Crippen LogP contribution in [0.5, 0.6) is 11.5 Å². The van der Waals surface area contributed by atoms with Crippen molar-refractivity contribution in [2.45, 2.75) is 20.4 Å². The molecule has 1 N–H and O–H groups in total. The molecule has 0 aliphatic rings. The van der Waals surface area contributed by atoms with Gasteiger partial charge in [0, 0.05) is 25.8 Å². The molecule has 8 nitrogen and oxygen atoms in total. The van der Waals surface area contributed by atoms with E-state index in [-0.39, 0.29) is 11.5 Å². The van der Waals surface area contributed by atoms with E-state index >= 15 is 0 Å². The van der Waals surface area contributed by atoms with Crippen molar-refractivity contribution in [3.8, 4) is 11.5 Å². The number of carbonyl (C=O) groups excluding carboxylic acids is 2. The summed E-state index contributed by atoms with van der Waals surface area (Å²) in [6, 6.07) is 10.7. The molecule has 1 aromatic heterocycles. The van der Waals surface area contributed by atoms with Gasteiger partial charge in [-0.3, -0.25) is 9.59 Å². The van der Waals surface area contributed by atoms with Crippen LogP contribution in [-0.4, -0.2) is 43.8 Å². The Hall–Kier alpha value is -3.17. The highest BCUT2D eigenvalue weighted by molar-refractivity contribution is 7.16. The summed E-state index contributed by atoms with van der Waals surface area (Å²) in [5, 5.41) is 2.78. The predicted octanol–water partition coefficient (Wildman–Crippen LogP) is 3.46. The van der Waals surface area contributed by atoms with Gasteiger partial charge in [0.1, 0.15) is 17.1 Å². The molecule has 1 heterocycles. The van der Waals surface area contributed by atoms with Crippen molar-refractivity contribution >= 4 is 39.1 Å². The molecule has 0 unspecified atom stereocenters. The van der Waals surface area contributed by atoms with Crippen LogP contribution in [0.1, 0.15) is 24.2 Å². The van der Waals surface area contributed by atoms with Crippen molar-refractivity contribution in [1.82, 2.24) is 4.57 Å². The number of carbonyl (C=O) groups is 2. The molecule has 31 heavy (non-hydrogen) atoms. The van der Waals surface area contributed by atoms with E-state index in [1.807, 2.05) is 29.7 Å². The highest BCUT2D eigenvalue weighted by Gasteiger charge is 2.18. The second kappa shape index (κ2) is 10.2. The zero-order valence-corrected chi connectivity index (χ0v) is 18.7. The number of ether oxygens (including phenoxy) is 3. The van der Waals surface area contributed by atoms with Crippen LogP contribution < -0.4 is 19.6 Å². The number of nitrogens with zero attached hydrogens (tertiary/aromatic N) is 2. The largest absolute Gasteiger partial charge is 0.496 e. The summed E-state index contributed by atoms with van der Waals surface area (Å²) >= 11 is 1.36. The van der Waals surface area contributed by atoms with Crippen LogP contribution in [0.25, 0.3) is 10.2 Å². The molecule has 0 atom stereocenters. The van der Waals surface area contributed by atoms with Crippen molar-refractivity contribution in [2.75, 3.05) is 32.8 Å². The number of amides is 2. The van der Waals surface area contributed by atoms with Gasteiger partial charge in [-0.2, -0.15) is 4.99 Å². The maximum absolute atomic E-state index is 13.1. The van der Waals surface area contributed by atoms with Gasteiger partial charge in [0.15, 0.2) is 4.80 Å². The fourth-order valence-corrected chi connectivity index (χ4v) is 4.25. The maximum atomic E-state index is 13.1. The lowest BCUT2D eigenvalue weighted by Crippen LogP contribution is -2.20. The van der Waals surface area contributed by atoms with Crippen molar-refractivity contribution in [1.29, 1.82) is 0 Å². The first kappa shape index (κ1) is 22.5. The molecule has 0 saturated carbocycles. The second-order valence-corrected chi connectivity index (χ2v) is 7.56. The quantitative estimate of drug-likeness (QED) is 0.539. The summed E-state index contributed by atoms with van der Waals surface area (Å²) in [6.07, 6.45) is 0. The topological polar surface area (TPSA) is 91.2 Å². The third kappa shape index (κ3) is 5.12. The summed E-state index contributed by atoms with van der Waals surface area (Å²) in [7, 11) is 2.99. The number of anilines is 1. The minimum absolute atomic E-state index is 0.150. The highest BCUT2D eigenvalue weighted by Crippen LogP contribution is 2.29. The SMILES string of the molecule is CCOCCn1c(=NC(=O)c2c(OC)cccc2OC)sc2cc(NC(C)=O)ccc21. The number of fused-ring (bicyclic) bond motifs is 1. The van der Waals surface area contributed by atoms with Crippen LogP contribution in [0, 0.1) is 0 Å². The molecule has 164 valence electrons. The van der Waals surface area contributed by atoms with Gasteiger partial charge in [0.25, 0.3) is 5.91 Å². The summed E-state index contributed by atoms with van der Waals surface area (Å²) in [6.45, 7) is 5.00. The Bertz CT molecular complexity index is 1140. The van der Waals surface area contributed by atoms with Crippen LogP contribution >= 0.6 is 11.3 Å². The van der Waals surface area contributed by atoms with E-state index in [1.54, 1.807) is 18.2 Å². The lowest BCUT2D eigenvalue weighted by molar-refractivity contribution is -0.114. The van der Waals surface area contributed by atoms with Gasteiger partial charge < -0.3 is 24.1 Å². The van der Waals surface area contributed by atoms with Gasteiger partial charge >= 0.3 is 0 Å². The normalized spacial score (nSPS) is 11.5. The molecule has 0 aliphatic heterocycles. The van der Waals surface area contributed by atoms with Crippen LogP contribution in [0.15, 0.2) is 41.4 Å². The van der Waals surface area contributed by atoms with Gasteiger partial charge in [0.2, 0.25) is 5.91 Å². The predicted molar refractivity (Wildman–Crippen MR) is 120 cm³/mol. The molecule has 0 saturated heterocycles. The average Bonchev–Trinajstić information content (AvgIpc) is 3.08. The molecule has 9 heteroatoms. The zero-order chi connectivity index (χ0) is 22.4. The monoisotopic (exact) mass is 443 g/mol. The minimum atomic E-state index is -0.465. The maximum Gasteiger partial charge on any atom is 0.287 e. The number of methoxy groups -OCH3 is 2. The number of benzene rings is 2. The zero-order valence-electron chi connectivity index (χ0n) is 17.9. The Morgan fingerprint density at radius 2 is 1.84 bits per heavy atom. The van der Waals surface area contributed by atoms with Crippen molar-refractivity contribution in [3.05, 3.63) is 46.8 Å². The van der Waals surface area contributed by atoms with Crippen molar-refractivity contribution < 1.29 is 23.8 Å². The van der Waals surface area contributed by atoms with E-state index in [1.165, 1.54) is 32.5 Å². The summed E-state index contributed by atoms with van der Waals surface area (Å²) in [5.74, 6) is 0.169. The molecule has 3 rings (SSSR count). The van der Waals surface area contributed by atoms with E-state index in [9.17, 15) is 9.59 Å². The smallest absolute Gasteiger partial charge is 0.287 e. The number of thiazole rings is 1. The van der Waals surface area contributed by atoms with Crippen molar-refractivity contribution in [3.63, 3.8) is 0 Å². The molecule has 0 radical (unpaired) electrons. The first-order valence-electron chi connectivity index (χ1n) is 9.77. The molecule has 0 spiro atoms. The van der Waals surface area contributed by atoms with Gasteiger partial charge in [-0.25, -0.2) is 0 Å². The number of rotatable bonds is 8. The Morgan fingerprint density at radius 3 is 2.45 bits per heavy atom. The molecule has 0 bridgehead atoms. The van der Waals surface area contributed by atoms with E-state index in [2.05, 4.69) is 10.3 Å². The van der Waals surface area contributed by atoms with E-state index in [4.69, 9.17) is 14.2 Å². The number of aromatic nitrogens is 1. The van der Waals surface area contributed by atoms with Crippen LogP contribution in [0.3, 0.4) is 0 Å². The molecule has 2 aromatic carbocycles. The summed E-state index contributed by atoms with van der Waals surface area (Å²) < 4.78 is 19.0. The van der Waals surface area contributed by atoms with Gasteiger partial charge in [-0.1, -0.05) is 17.4 Å². The fraction of sp³-hybridized carbons (Fsp3) is 0.318. The molecule has 2 amide bonds. The van der Waals surface area contributed by atoms with Crippen LogP contribution in [-0.2, 0) is 16.1 Å². The summed E-state index contributed by atoms with van der Waals surface area (Å²) in [4.78, 5) is 29.4. The van der Waals surface area contributed by atoms with Crippen LogP contribution in [0.2, 0.25) is 0 Å². The summed E-state index contributed by atoms with van der Waals surface area (Å²) in [5.41, 5.74) is 1.85. The first-order valence-corrected chi connectivity index (χ1v) is 10.6. The molecular formula is C22H25N3O5S.